The molecule has 0 saturated carbocycles. The molecule has 0 radical (unpaired) electrons. The molecule has 0 fully saturated rings. The molecule has 2 N–H and O–H groups in total. The highest BCUT2D eigenvalue weighted by Crippen LogP contribution is 2.31. The lowest BCUT2D eigenvalue weighted by Gasteiger charge is -2.25. The molecule has 0 saturated heterocycles. The summed E-state index contributed by atoms with van der Waals surface area (Å²) in [5.74, 6) is 0. The van der Waals surface area contributed by atoms with Crippen LogP contribution in [0.15, 0.2) is 18.2 Å². The zero-order valence-corrected chi connectivity index (χ0v) is 13.7. The summed E-state index contributed by atoms with van der Waals surface area (Å²) in [6.07, 6.45) is 2.01. The van der Waals surface area contributed by atoms with Gasteiger partial charge in [-0.2, -0.15) is 0 Å². The maximum atomic E-state index is 9.09. The van der Waals surface area contributed by atoms with Gasteiger partial charge in [0.25, 0.3) is 0 Å². The van der Waals surface area contributed by atoms with Gasteiger partial charge in [0.15, 0.2) is 0 Å². The van der Waals surface area contributed by atoms with Gasteiger partial charge >= 0.3 is 0 Å². The van der Waals surface area contributed by atoms with Crippen LogP contribution in [0.1, 0.15) is 31.4 Å². The summed E-state index contributed by atoms with van der Waals surface area (Å²) in [6.45, 7) is 4.98. The number of aliphatic hydroxyl groups excluding tert-OH is 1. The molecule has 1 aromatic rings. The second-order valence-electron chi connectivity index (χ2n) is 4.84. The average Bonchev–Trinajstić information content (AvgIpc) is 2.44. The fourth-order valence-corrected chi connectivity index (χ4v) is 2.79. The van der Waals surface area contributed by atoms with Crippen LogP contribution in [-0.2, 0) is 0 Å². The highest BCUT2D eigenvalue weighted by molar-refractivity contribution is 6.42. The number of benzene rings is 1. The van der Waals surface area contributed by atoms with Gasteiger partial charge in [0.2, 0.25) is 0 Å². The Labute approximate surface area is 131 Å². The van der Waals surface area contributed by atoms with Gasteiger partial charge in [-0.15, -0.1) is 0 Å². The minimum atomic E-state index is 0.166. The van der Waals surface area contributed by atoms with Crippen molar-refractivity contribution < 1.29 is 5.11 Å². The van der Waals surface area contributed by atoms with E-state index in [0.29, 0.717) is 16.6 Å². The van der Waals surface area contributed by atoms with Crippen molar-refractivity contribution in [3.05, 3.63) is 33.8 Å². The third-order valence-corrected chi connectivity index (χ3v) is 4.23. The SMILES string of the molecule is CCCN(CCO)CCC(NC)c1cccc(Cl)c1Cl. The van der Waals surface area contributed by atoms with Crippen molar-refractivity contribution in [2.45, 2.75) is 25.8 Å². The molecule has 0 bridgehead atoms. The van der Waals surface area contributed by atoms with Crippen LogP contribution in [0.2, 0.25) is 10.0 Å². The third-order valence-electron chi connectivity index (χ3n) is 3.40. The Kier molecular flexibility index (Phi) is 8.50. The largest absolute Gasteiger partial charge is 0.395 e. The van der Waals surface area contributed by atoms with Crippen LogP contribution in [0, 0.1) is 0 Å². The quantitative estimate of drug-likeness (QED) is 0.733. The first kappa shape index (κ1) is 17.7. The van der Waals surface area contributed by atoms with Crippen LogP contribution in [0.25, 0.3) is 0 Å². The minimum absolute atomic E-state index is 0.166. The first-order valence-electron chi connectivity index (χ1n) is 7.08. The molecule has 1 rings (SSSR count). The number of hydrogen-bond donors (Lipinski definition) is 2. The first-order chi connectivity index (χ1) is 9.63. The van der Waals surface area contributed by atoms with E-state index in [1.807, 2.05) is 19.2 Å². The predicted octanol–water partition coefficient (Wildman–Crippen LogP) is 3.35. The highest BCUT2D eigenvalue weighted by atomic mass is 35.5. The maximum absolute atomic E-state index is 9.09. The molecule has 0 aliphatic rings. The smallest absolute Gasteiger partial charge is 0.0640 e. The van der Waals surface area contributed by atoms with Gasteiger partial charge in [-0.3, -0.25) is 0 Å². The van der Waals surface area contributed by atoms with E-state index >= 15 is 0 Å². The van der Waals surface area contributed by atoms with E-state index in [1.165, 1.54) is 0 Å². The van der Waals surface area contributed by atoms with Crippen molar-refractivity contribution in [1.82, 2.24) is 10.2 Å². The van der Waals surface area contributed by atoms with Crippen LogP contribution >= 0.6 is 23.2 Å². The summed E-state index contributed by atoms with van der Waals surface area (Å²) >= 11 is 12.4. The molecular formula is C15H24Cl2N2O. The molecule has 0 heterocycles. The molecule has 1 unspecified atom stereocenters. The van der Waals surface area contributed by atoms with Crippen LogP contribution in [0.4, 0.5) is 0 Å². The van der Waals surface area contributed by atoms with Gasteiger partial charge < -0.3 is 15.3 Å². The van der Waals surface area contributed by atoms with Gasteiger partial charge in [-0.05, 0) is 38.1 Å². The van der Waals surface area contributed by atoms with Crippen LogP contribution in [0.5, 0.6) is 0 Å². The molecule has 5 heteroatoms. The van der Waals surface area contributed by atoms with E-state index in [2.05, 4.69) is 17.1 Å². The summed E-state index contributed by atoms with van der Waals surface area (Å²) in [7, 11) is 1.93. The van der Waals surface area contributed by atoms with Crippen LogP contribution in [-0.4, -0.2) is 43.3 Å². The maximum Gasteiger partial charge on any atom is 0.0640 e. The molecule has 20 heavy (non-hydrogen) atoms. The molecule has 1 atom stereocenters. The van der Waals surface area contributed by atoms with E-state index in [1.54, 1.807) is 6.07 Å². The van der Waals surface area contributed by atoms with Crippen molar-refractivity contribution in [3.63, 3.8) is 0 Å². The molecule has 114 valence electrons. The molecule has 1 aromatic carbocycles. The average molecular weight is 319 g/mol. The molecule has 0 aliphatic carbocycles. The standard InChI is InChI=1S/C15H24Cl2N2O/c1-3-8-19(10-11-20)9-7-14(18-2)12-5-4-6-13(16)15(12)17/h4-6,14,18,20H,3,7-11H2,1-2H3. The lowest BCUT2D eigenvalue weighted by atomic mass is 10.0. The van der Waals surface area contributed by atoms with E-state index in [0.717, 1.165) is 31.5 Å². The summed E-state index contributed by atoms with van der Waals surface area (Å²) in [4.78, 5) is 2.27. The summed E-state index contributed by atoms with van der Waals surface area (Å²) in [5.41, 5.74) is 1.03. The van der Waals surface area contributed by atoms with Gasteiger partial charge in [-0.1, -0.05) is 42.3 Å². The van der Waals surface area contributed by atoms with Crippen molar-refractivity contribution >= 4 is 23.2 Å². The van der Waals surface area contributed by atoms with E-state index < -0.39 is 0 Å². The summed E-state index contributed by atoms with van der Waals surface area (Å²) in [6, 6.07) is 5.89. The minimum Gasteiger partial charge on any atom is -0.395 e. The third kappa shape index (κ3) is 5.23. The number of aliphatic hydroxyl groups is 1. The van der Waals surface area contributed by atoms with Crippen molar-refractivity contribution in [1.29, 1.82) is 0 Å². The van der Waals surface area contributed by atoms with Gasteiger partial charge in [0.05, 0.1) is 16.7 Å². The summed E-state index contributed by atoms with van der Waals surface area (Å²) in [5, 5.41) is 13.6. The number of halogens is 2. The lowest BCUT2D eigenvalue weighted by molar-refractivity contribution is 0.190. The van der Waals surface area contributed by atoms with Gasteiger partial charge in [0.1, 0.15) is 0 Å². The molecular weight excluding hydrogens is 295 g/mol. The Bertz CT molecular complexity index is 395. The molecule has 3 nitrogen and oxygen atoms in total. The zero-order chi connectivity index (χ0) is 15.0. The fraction of sp³-hybridized carbons (Fsp3) is 0.600. The first-order valence-corrected chi connectivity index (χ1v) is 7.84. The zero-order valence-electron chi connectivity index (χ0n) is 12.2. The van der Waals surface area contributed by atoms with E-state index in [4.69, 9.17) is 28.3 Å². The second kappa shape index (κ2) is 9.59. The lowest BCUT2D eigenvalue weighted by Crippen LogP contribution is -2.31. The Morgan fingerprint density at radius 2 is 2.00 bits per heavy atom. The number of hydrogen-bond acceptors (Lipinski definition) is 3. The van der Waals surface area contributed by atoms with E-state index in [9.17, 15) is 0 Å². The molecule has 0 aliphatic heterocycles. The normalized spacial score (nSPS) is 12.9. The Morgan fingerprint density at radius 3 is 2.60 bits per heavy atom. The Hall–Kier alpha value is -0.320. The van der Waals surface area contributed by atoms with E-state index in [-0.39, 0.29) is 12.6 Å². The Morgan fingerprint density at radius 1 is 1.25 bits per heavy atom. The van der Waals surface area contributed by atoms with Crippen molar-refractivity contribution in [2.24, 2.45) is 0 Å². The van der Waals surface area contributed by atoms with Gasteiger partial charge in [-0.25, -0.2) is 0 Å². The van der Waals surface area contributed by atoms with Gasteiger partial charge in [0, 0.05) is 19.1 Å². The fourth-order valence-electron chi connectivity index (χ4n) is 2.35. The van der Waals surface area contributed by atoms with Crippen molar-refractivity contribution in [3.8, 4) is 0 Å². The highest BCUT2D eigenvalue weighted by Gasteiger charge is 2.15. The monoisotopic (exact) mass is 318 g/mol. The summed E-state index contributed by atoms with van der Waals surface area (Å²) < 4.78 is 0. The number of nitrogens with one attached hydrogen (secondary N) is 1. The Balaban J connectivity index is 2.69. The number of nitrogens with zero attached hydrogens (tertiary/aromatic N) is 1. The topological polar surface area (TPSA) is 35.5 Å². The van der Waals surface area contributed by atoms with Crippen LogP contribution in [0.3, 0.4) is 0 Å². The molecule has 0 spiro atoms. The second-order valence-corrected chi connectivity index (χ2v) is 5.62. The van der Waals surface area contributed by atoms with Crippen molar-refractivity contribution in [2.75, 3.05) is 33.3 Å². The van der Waals surface area contributed by atoms with Crippen LogP contribution < -0.4 is 5.32 Å². The number of rotatable bonds is 9. The molecule has 0 amide bonds. The predicted molar refractivity (Wildman–Crippen MR) is 86.7 cm³/mol. The molecule has 0 aromatic heterocycles.